The van der Waals surface area contributed by atoms with E-state index in [0.717, 1.165) is 29.4 Å². The quantitative estimate of drug-likeness (QED) is 0.900. The Bertz CT molecular complexity index is 545. The van der Waals surface area contributed by atoms with Crippen LogP contribution in [0.4, 0.5) is 0 Å². The first-order valence-electron chi connectivity index (χ1n) is 6.07. The Kier molecular flexibility index (Phi) is 6.42. The summed E-state index contributed by atoms with van der Waals surface area (Å²) in [4.78, 5) is 9.87. The molecular formula is C12H18Cl2N4OS. The Hall–Kier alpha value is -0.660. The first kappa shape index (κ1) is 17.4. The van der Waals surface area contributed by atoms with Crippen LogP contribution >= 0.6 is 36.2 Å². The molecule has 3 rings (SSSR count). The van der Waals surface area contributed by atoms with Crippen molar-refractivity contribution in [2.24, 2.45) is 0 Å². The van der Waals surface area contributed by atoms with Crippen molar-refractivity contribution in [2.45, 2.75) is 25.4 Å². The summed E-state index contributed by atoms with van der Waals surface area (Å²) >= 11 is 1.62. The minimum atomic E-state index is 0. The Labute approximate surface area is 134 Å². The van der Waals surface area contributed by atoms with Crippen molar-refractivity contribution >= 4 is 36.2 Å². The molecule has 3 heterocycles. The number of thiazole rings is 1. The van der Waals surface area contributed by atoms with Gasteiger partial charge >= 0.3 is 0 Å². The lowest BCUT2D eigenvalue weighted by Crippen LogP contribution is -2.24. The van der Waals surface area contributed by atoms with E-state index in [-0.39, 0.29) is 37.5 Å². The van der Waals surface area contributed by atoms with Gasteiger partial charge in [0.2, 0.25) is 0 Å². The molecule has 0 unspecified atom stereocenters. The van der Waals surface area contributed by atoms with E-state index < -0.39 is 0 Å². The van der Waals surface area contributed by atoms with Crippen LogP contribution in [-0.4, -0.2) is 38.8 Å². The van der Waals surface area contributed by atoms with Crippen LogP contribution in [0.15, 0.2) is 17.9 Å². The van der Waals surface area contributed by atoms with Gasteiger partial charge in [0.25, 0.3) is 0 Å². The van der Waals surface area contributed by atoms with Gasteiger partial charge in [-0.05, 0) is 13.3 Å². The van der Waals surface area contributed by atoms with Gasteiger partial charge in [0, 0.05) is 31.0 Å². The minimum absolute atomic E-state index is 0. The third-order valence-electron chi connectivity index (χ3n) is 3.43. The topological polar surface area (TPSA) is 63.0 Å². The number of aliphatic hydroxyl groups excluding tert-OH is 1. The molecule has 0 radical (unpaired) electrons. The van der Waals surface area contributed by atoms with Gasteiger partial charge in [-0.1, -0.05) is 0 Å². The van der Waals surface area contributed by atoms with Gasteiger partial charge in [-0.15, -0.1) is 36.2 Å². The summed E-state index contributed by atoms with van der Waals surface area (Å²) in [6, 6.07) is 0.564. The SMILES string of the molecule is Cc1ncsc1-c1nccn1[C@@H]1CN[C@@H](CO)C1.Cl.Cl. The lowest BCUT2D eigenvalue weighted by molar-refractivity contribution is 0.253. The largest absolute Gasteiger partial charge is 0.395 e. The molecule has 8 heteroatoms. The van der Waals surface area contributed by atoms with Crippen LogP contribution in [0.5, 0.6) is 0 Å². The normalized spacial score (nSPS) is 21.3. The standard InChI is InChI=1S/C12H16N4OS.2ClH/c1-8-11(18-7-15-8)12-13-2-3-16(12)10-4-9(6-17)14-5-10;;/h2-3,7,9-10,14,17H,4-6H2,1H3;2*1H/t9-,10+;;/m1../s1. The second-order valence-electron chi connectivity index (χ2n) is 4.60. The monoisotopic (exact) mass is 336 g/mol. The van der Waals surface area contributed by atoms with Gasteiger partial charge < -0.3 is 15.0 Å². The molecule has 1 aliphatic rings. The second-order valence-corrected chi connectivity index (χ2v) is 5.46. The lowest BCUT2D eigenvalue weighted by Gasteiger charge is -2.14. The summed E-state index contributed by atoms with van der Waals surface area (Å²) < 4.78 is 2.20. The fourth-order valence-corrected chi connectivity index (χ4v) is 3.25. The van der Waals surface area contributed by atoms with Crippen molar-refractivity contribution < 1.29 is 5.11 Å². The van der Waals surface area contributed by atoms with E-state index in [0.29, 0.717) is 6.04 Å². The minimum Gasteiger partial charge on any atom is -0.395 e. The maximum absolute atomic E-state index is 9.18. The van der Waals surface area contributed by atoms with Crippen molar-refractivity contribution in [3.05, 3.63) is 23.6 Å². The van der Waals surface area contributed by atoms with Crippen molar-refractivity contribution in [2.75, 3.05) is 13.2 Å². The number of halogens is 2. The number of nitrogens with one attached hydrogen (secondary N) is 1. The summed E-state index contributed by atoms with van der Waals surface area (Å²) in [5.41, 5.74) is 2.88. The predicted octanol–water partition coefficient (Wildman–Crippen LogP) is 2.05. The van der Waals surface area contributed by atoms with Gasteiger partial charge in [-0.3, -0.25) is 0 Å². The number of aromatic nitrogens is 3. The number of aliphatic hydroxyl groups is 1. The molecule has 1 saturated heterocycles. The molecule has 0 bridgehead atoms. The number of hydrogen-bond acceptors (Lipinski definition) is 5. The molecule has 5 nitrogen and oxygen atoms in total. The first-order valence-corrected chi connectivity index (χ1v) is 6.95. The van der Waals surface area contributed by atoms with E-state index in [1.165, 1.54) is 0 Å². The molecular weight excluding hydrogens is 319 g/mol. The molecule has 2 atom stereocenters. The van der Waals surface area contributed by atoms with Crippen molar-refractivity contribution in [1.29, 1.82) is 0 Å². The molecule has 1 aliphatic heterocycles. The molecule has 0 amide bonds. The predicted molar refractivity (Wildman–Crippen MR) is 85.1 cm³/mol. The van der Waals surface area contributed by atoms with Gasteiger partial charge in [0.05, 0.1) is 22.7 Å². The molecule has 0 aromatic carbocycles. The van der Waals surface area contributed by atoms with E-state index in [1.807, 2.05) is 24.8 Å². The summed E-state index contributed by atoms with van der Waals surface area (Å²) in [5.74, 6) is 0.986. The summed E-state index contributed by atoms with van der Waals surface area (Å²) in [6.07, 6.45) is 4.79. The van der Waals surface area contributed by atoms with Gasteiger partial charge in [0.15, 0.2) is 5.82 Å². The molecule has 20 heavy (non-hydrogen) atoms. The molecule has 0 saturated carbocycles. The smallest absolute Gasteiger partial charge is 0.152 e. The van der Waals surface area contributed by atoms with Crippen LogP contribution in [0.3, 0.4) is 0 Å². The Morgan fingerprint density at radius 2 is 2.25 bits per heavy atom. The van der Waals surface area contributed by atoms with Crippen LogP contribution in [-0.2, 0) is 0 Å². The Morgan fingerprint density at radius 1 is 1.45 bits per heavy atom. The van der Waals surface area contributed by atoms with E-state index in [9.17, 15) is 5.11 Å². The van der Waals surface area contributed by atoms with Crippen LogP contribution < -0.4 is 5.32 Å². The number of aryl methyl sites for hydroxylation is 1. The highest BCUT2D eigenvalue weighted by molar-refractivity contribution is 7.13. The number of nitrogens with zero attached hydrogens (tertiary/aromatic N) is 3. The number of hydrogen-bond donors (Lipinski definition) is 2. The summed E-state index contributed by atoms with van der Waals surface area (Å²) in [7, 11) is 0. The number of imidazole rings is 1. The van der Waals surface area contributed by atoms with E-state index in [4.69, 9.17) is 0 Å². The highest BCUT2D eigenvalue weighted by atomic mass is 35.5. The van der Waals surface area contributed by atoms with Crippen molar-refractivity contribution in [3.63, 3.8) is 0 Å². The van der Waals surface area contributed by atoms with Crippen LogP contribution in [0, 0.1) is 6.92 Å². The zero-order chi connectivity index (χ0) is 12.5. The highest BCUT2D eigenvalue weighted by Crippen LogP contribution is 2.30. The average Bonchev–Trinajstić information content (AvgIpc) is 3.06. The van der Waals surface area contributed by atoms with E-state index >= 15 is 0 Å². The fraction of sp³-hybridized carbons (Fsp3) is 0.500. The van der Waals surface area contributed by atoms with Gasteiger partial charge in [0.1, 0.15) is 0 Å². The zero-order valence-electron chi connectivity index (χ0n) is 11.0. The Balaban J connectivity index is 0.000001000. The molecule has 0 spiro atoms. The summed E-state index contributed by atoms with van der Waals surface area (Å²) in [5, 5.41) is 12.5. The molecule has 2 N–H and O–H groups in total. The maximum Gasteiger partial charge on any atom is 0.152 e. The van der Waals surface area contributed by atoms with Crippen molar-refractivity contribution in [3.8, 4) is 10.7 Å². The lowest BCUT2D eigenvalue weighted by atomic mass is 10.2. The molecule has 0 aliphatic carbocycles. The molecule has 1 fully saturated rings. The zero-order valence-corrected chi connectivity index (χ0v) is 13.5. The van der Waals surface area contributed by atoms with E-state index in [1.54, 1.807) is 11.3 Å². The Morgan fingerprint density at radius 3 is 2.85 bits per heavy atom. The van der Waals surface area contributed by atoms with E-state index in [2.05, 4.69) is 19.9 Å². The number of rotatable bonds is 3. The third kappa shape index (κ3) is 3.15. The van der Waals surface area contributed by atoms with Gasteiger partial charge in [-0.2, -0.15) is 0 Å². The molecule has 2 aromatic heterocycles. The summed E-state index contributed by atoms with van der Waals surface area (Å²) in [6.45, 7) is 3.08. The third-order valence-corrected chi connectivity index (χ3v) is 4.35. The van der Waals surface area contributed by atoms with Gasteiger partial charge in [-0.25, -0.2) is 9.97 Å². The maximum atomic E-state index is 9.18. The van der Waals surface area contributed by atoms with Crippen LogP contribution in [0.1, 0.15) is 18.2 Å². The van der Waals surface area contributed by atoms with Crippen molar-refractivity contribution in [1.82, 2.24) is 19.9 Å². The second kappa shape index (κ2) is 7.38. The average molecular weight is 337 g/mol. The fourth-order valence-electron chi connectivity index (χ4n) is 2.45. The first-order chi connectivity index (χ1) is 8.79. The molecule has 2 aromatic rings. The molecule has 112 valence electrons. The van der Waals surface area contributed by atoms with Crippen LogP contribution in [0.25, 0.3) is 10.7 Å². The highest BCUT2D eigenvalue weighted by Gasteiger charge is 2.26. The van der Waals surface area contributed by atoms with Crippen LogP contribution in [0.2, 0.25) is 0 Å².